The zero-order valence-electron chi connectivity index (χ0n) is 12.1. The second kappa shape index (κ2) is 4.11. The van der Waals surface area contributed by atoms with Crippen LogP contribution < -0.4 is 0 Å². The van der Waals surface area contributed by atoms with E-state index >= 15 is 0 Å². The fourth-order valence-electron chi connectivity index (χ4n) is 3.90. The minimum atomic E-state index is 0.202. The van der Waals surface area contributed by atoms with Gasteiger partial charge >= 0.3 is 0 Å². The van der Waals surface area contributed by atoms with Gasteiger partial charge in [0, 0.05) is 25.0 Å². The number of para-hydroxylation sites is 1. The molecule has 4 rings (SSSR count). The molecule has 0 saturated heterocycles. The van der Waals surface area contributed by atoms with Crippen LogP contribution in [0.25, 0.3) is 10.9 Å². The first-order valence-electron chi connectivity index (χ1n) is 7.58. The number of amides is 1. The summed E-state index contributed by atoms with van der Waals surface area (Å²) in [4.78, 5) is 14.7. The summed E-state index contributed by atoms with van der Waals surface area (Å²) in [5.74, 6) is 0.202. The fourth-order valence-corrected chi connectivity index (χ4v) is 3.90. The van der Waals surface area contributed by atoms with Crippen molar-refractivity contribution < 1.29 is 4.79 Å². The predicted molar refractivity (Wildman–Crippen MR) is 80.3 cm³/mol. The molecule has 0 aliphatic carbocycles. The van der Waals surface area contributed by atoms with Gasteiger partial charge in [-0.3, -0.25) is 4.79 Å². The monoisotopic (exact) mass is 268 g/mol. The Morgan fingerprint density at radius 3 is 2.95 bits per heavy atom. The zero-order chi connectivity index (χ0) is 13.9. The van der Waals surface area contributed by atoms with E-state index in [0.29, 0.717) is 6.04 Å². The van der Waals surface area contributed by atoms with Crippen LogP contribution in [0.4, 0.5) is 0 Å². The van der Waals surface area contributed by atoms with Crippen molar-refractivity contribution in [1.29, 1.82) is 0 Å². The lowest BCUT2D eigenvalue weighted by atomic mass is 9.98. The summed E-state index contributed by atoms with van der Waals surface area (Å²) in [6.45, 7) is 3.11. The van der Waals surface area contributed by atoms with Crippen molar-refractivity contribution in [2.45, 2.75) is 38.6 Å². The van der Waals surface area contributed by atoms with Gasteiger partial charge in [0.1, 0.15) is 5.69 Å². The lowest BCUT2D eigenvalue weighted by Gasteiger charge is -2.25. The van der Waals surface area contributed by atoms with E-state index < -0.39 is 0 Å². The largest absolute Gasteiger partial charge is 0.340 e. The van der Waals surface area contributed by atoms with Crippen molar-refractivity contribution >= 4 is 16.8 Å². The molecule has 104 valence electrons. The van der Waals surface area contributed by atoms with Crippen molar-refractivity contribution in [3.05, 3.63) is 35.0 Å². The highest BCUT2D eigenvalue weighted by Gasteiger charge is 2.31. The molecule has 1 aromatic carbocycles. The highest BCUT2D eigenvalue weighted by atomic mass is 16.2. The zero-order valence-corrected chi connectivity index (χ0v) is 12.1. The number of aryl methyl sites for hydroxylation is 2. The van der Waals surface area contributed by atoms with Crippen LogP contribution in [0.15, 0.2) is 18.2 Å². The molecule has 0 radical (unpaired) electrons. The van der Waals surface area contributed by atoms with Crippen LogP contribution in [0.3, 0.4) is 0 Å². The van der Waals surface area contributed by atoms with Gasteiger partial charge in [-0.1, -0.05) is 18.2 Å². The number of benzene rings is 1. The molecule has 0 N–H and O–H groups in total. The fraction of sp³-hybridized carbons (Fsp3) is 0.471. The van der Waals surface area contributed by atoms with Crippen LogP contribution in [0.5, 0.6) is 0 Å². The van der Waals surface area contributed by atoms with Gasteiger partial charge in [-0.05, 0) is 43.7 Å². The van der Waals surface area contributed by atoms with Crippen molar-refractivity contribution in [3.8, 4) is 0 Å². The van der Waals surface area contributed by atoms with Gasteiger partial charge < -0.3 is 9.47 Å². The maximum absolute atomic E-state index is 12.8. The van der Waals surface area contributed by atoms with Gasteiger partial charge in [0.05, 0.1) is 5.52 Å². The normalized spacial score (nSPS) is 22.0. The van der Waals surface area contributed by atoms with E-state index in [1.165, 1.54) is 22.0 Å². The highest BCUT2D eigenvalue weighted by Crippen LogP contribution is 2.39. The third-order valence-corrected chi connectivity index (χ3v) is 4.95. The number of hydrogen-bond acceptors (Lipinski definition) is 1. The molecule has 0 spiro atoms. The number of fused-ring (bicyclic) bond motifs is 3. The third-order valence-electron chi connectivity index (χ3n) is 4.95. The summed E-state index contributed by atoms with van der Waals surface area (Å²) < 4.78 is 2.33. The molecule has 3 nitrogen and oxygen atoms in total. The number of carbonyl (C=O) groups excluding carboxylic acids is 1. The Morgan fingerprint density at radius 2 is 2.10 bits per heavy atom. The molecule has 0 saturated carbocycles. The molecule has 2 aliphatic rings. The third kappa shape index (κ3) is 1.43. The van der Waals surface area contributed by atoms with E-state index in [4.69, 9.17) is 0 Å². The van der Waals surface area contributed by atoms with Crippen LogP contribution in [0.2, 0.25) is 0 Å². The molecule has 0 fully saturated rings. The molecule has 2 aliphatic heterocycles. The van der Waals surface area contributed by atoms with Crippen LogP contribution in [-0.4, -0.2) is 29.0 Å². The number of rotatable bonds is 0. The van der Waals surface area contributed by atoms with Crippen LogP contribution in [0, 0.1) is 0 Å². The molecule has 3 heterocycles. The Hall–Kier alpha value is -1.77. The predicted octanol–water partition coefficient (Wildman–Crippen LogP) is 3.17. The Kier molecular flexibility index (Phi) is 2.47. The molecule has 1 amide bonds. The number of nitrogens with zero attached hydrogens (tertiary/aromatic N) is 2. The van der Waals surface area contributed by atoms with Gasteiger partial charge in [0.25, 0.3) is 5.91 Å². The summed E-state index contributed by atoms with van der Waals surface area (Å²) >= 11 is 0. The average molecular weight is 268 g/mol. The van der Waals surface area contributed by atoms with Gasteiger partial charge in [-0.15, -0.1) is 0 Å². The Balaban J connectivity index is 2.13. The van der Waals surface area contributed by atoms with E-state index in [2.05, 4.69) is 29.7 Å². The van der Waals surface area contributed by atoms with E-state index in [1.807, 2.05) is 11.9 Å². The molecule has 1 atom stereocenters. The first-order chi connectivity index (χ1) is 9.68. The first kappa shape index (κ1) is 12.0. The van der Waals surface area contributed by atoms with Crippen molar-refractivity contribution in [1.82, 2.24) is 9.47 Å². The summed E-state index contributed by atoms with van der Waals surface area (Å²) in [7, 11) is 1.93. The van der Waals surface area contributed by atoms with Gasteiger partial charge in [0.2, 0.25) is 0 Å². The molecule has 0 bridgehead atoms. The highest BCUT2D eigenvalue weighted by molar-refractivity contribution is 6.03. The molecule has 1 aromatic heterocycles. The summed E-state index contributed by atoms with van der Waals surface area (Å²) in [6, 6.07) is 6.99. The molecular weight excluding hydrogens is 248 g/mol. The molecule has 20 heavy (non-hydrogen) atoms. The van der Waals surface area contributed by atoms with E-state index in [9.17, 15) is 4.79 Å². The number of hydrogen-bond donors (Lipinski definition) is 0. The second-order valence-corrected chi connectivity index (χ2v) is 6.23. The summed E-state index contributed by atoms with van der Waals surface area (Å²) in [6.07, 6.45) is 4.34. The Labute approximate surface area is 119 Å². The van der Waals surface area contributed by atoms with E-state index in [0.717, 1.165) is 37.9 Å². The van der Waals surface area contributed by atoms with Crippen LogP contribution >= 0.6 is 0 Å². The SMILES string of the molecule is CC1CCc2cccc3c4c(n1c23)C(=O)N(C)CCC4. The number of carbonyl (C=O) groups is 1. The minimum absolute atomic E-state index is 0.202. The van der Waals surface area contributed by atoms with Gasteiger partial charge in [-0.2, -0.15) is 0 Å². The Bertz CT molecular complexity index is 713. The lowest BCUT2D eigenvalue weighted by molar-refractivity contribution is 0.0788. The maximum atomic E-state index is 12.8. The van der Waals surface area contributed by atoms with Crippen molar-refractivity contribution in [2.75, 3.05) is 13.6 Å². The Morgan fingerprint density at radius 1 is 1.25 bits per heavy atom. The van der Waals surface area contributed by atoms with E-state index in [1.54, 1.807) is 0 Å². The second-order valence-electron chi connectivity index (χ2n) is 6.23. The quantitative estimate of drug-likeness (QED) is 0.720. The maximum Gasteiger partial charge on any atom is 0.270 e. The van der Waals surface area contributed by atoms with Crippen LogP contribution in [0.1, 0.15) is 47.4 Å². The van der Waals surface area contributed by atoms with Gasteiger partial charge in [0.15, 0.2) is 0 Å². The molecule has 3 heteroatoms. The molecule has 2 aromatic rings. The minimum Gasteiger partial charge on any atom is -0.340 e. The topological polar surface area (TPSA) is 25.2 Å². The van der Waals surface area contributed by atoms with E-state index in [-0.39, 0.29) is 5.91 Å². The first-order valence-corrected chi connectivity index (χ1v) is 7.58. The van der Waals surface area contributed by atoms with Crippen LogP contribution in [-0.2, 0) is 12.8 Å². The lowest BCUT2D eigenvalue weighted by Crippen LogP contribution is -2.29. The average Bonchev–Trinajstić information content (AvgIpc) is 2.71. The van der Waals surface area contributed by atoms with Crippen molar-refractivity contribution in [3.63, 3.8) is 0 Å². The summed E-state index contributed by atoms with van der Waals surface area (Å²) in [5, 5.41) is 1.31. The van der Waals surface area contributed by atoms with Crippen molar-refractivity contribution in [2.24, 2.45) is 0 Å². The molecular formula is C17H20N2O. The molecule has 1 unspecified atom stereocenters. The smallest absolute Gasteiger partial charge is 0.270 e. The summed E-state index contributed by atoms with van der Waals surface area (Å²) in [5.41, 5.74) is 4.97. The van der Waals surface area contributed by atoms with Gasteiger partial charge in [-0.25, -0.2) is 0 Å². The number of aromatic nitrogens is 1. The standard InChI is InChI=1S/C17H20N2O/c1-11-8-9-12-5-3-6-13-14-7-4-10-18(2)17(20)16(14)19(11)15(12)13/h3,5-6,11H,4,7-10H2,1-2H3.